The van der Waals surface area contributed by atoms with E-state index in [0.29, 0.717) is 14.9 Å². The van der Waals surface area contributed by atoms with Crippen molar-refractivity contribution in [2.45, 2.75) is 13.3 Å². The molecule has 4 nitrogen and oxygen atoms in total. The molecule has 2 aromatic carbocycles. The molecule has 0 aliphatic heterocycles. The number of aryl methyl sites for hydroxylation is 1. The van der Waals surface area contributed by atoms with Crippen LogP contribution in [0.2, 0.25) is 10.0 Å². The molecule has 2 N–H and O–H groups in total. The Bertz CT molecular complexity index is 985. The van der Waals surface area contributed by atoms with Crippen LogP contribution in [0.1, 0.15) is 22.2 Å². The normalized spacial score (nSPS) is 10.7. The summed E-state index contributed by atoms with van der Waals surface area (Å²) in [6.07, 6.45) is 0.808. The van der Waals surface area contributed by atoms with E-state index < -0.39 is 0 Å². The van der Waals surface area contributed by atoms with Crippen molar-refractivity contribution in [1.29, 1.82) is 0 Å². The van der Waals surface area contributed by atoms with Gasteiger partial charge in [-0.3, -0.25) is 9.59 Å². The minimum atomic E-state index is -0.383. The summed E-state index contributed by atoms with van der Waals surface area (Å²) in [7, 11) is 0. The number of halogens is 2. The van der Waals surface area contributed by atoms with Crippen molar-refractivity contribution in [3.63, 3.8) is 0 Å². The summed E-state index contributed by atoms with van der Waals surface area (Å²) in [5.74, 6) is -0.675. The number of benzene rings is 2. The van der Waals surface area contributed by atoms with Crippen LogP contribution in [-0.4, -0.2) is 18.4 Å². The van der Waals surface area contributed by atoms with E-state index in [4.69, 9.17) is 23.2 Å². The van der Waals surface area contributed by atoms with Crippen LogP contribution in [0.25, 0.3) is 10.1 Å². The summed E-state index contributed by atoms with van der Waals surface area (Å²) >= 11 is 13.5. The number of para-hydroxylation sites is 1. The Hall–Kier alpha value is -2.08. The van der Waals surface area contributed by atoms with E-state index in [2.05, 4.69) is 10.6 Å². The molecule has 0 fully saturated rings. The van der Waals surface area contributed by atoms with Gasteiger partial charge in [0.2, 0.25) is 5.91 Å². The largest absolute Gasteiger partial charge is 0.342 e. The smallest absolute Gasteiger partial charge is 0.263 e. The van der Waals surface area contributed by atoms with Gasteiger partial charge in [-0.05, 0) is 30.2 Å². The van der Waals surface area contributed by atoms with Crippen LogP contribution in [0, 0.1) is 0 Å². The first-order valence-corrected chi connectivity index (χ1v) is 9.60. The maximum Gasteiger partial charge on any atom is 0.263 e. The summed E-state index contributed by atoms with van der Waals surface area (Å²) in [4.78, 5) is 24.9. The molecule has 0 aliphatic rings. The van der Waals surface area contributed by atoms with Crippen LogP contribution in [0.5, 0.6) is 0 Å². The minimum Gasteiger partial charge on any atom is -0.342 e. The van der Waals surface area contributed by atoms with Gasteiger partial charge in [-0.2, -0.15) is 0 Å². The highest BCUT2D eigenvalue weighted by molar-refractivity contribution is 7.21. The molecule has 0 saturated carbocycles. The average molecular weight is 407 g/mol. The third-order valence-electron chi connectivity index (χ3n) is 3.88. The SMILES string of the molecule is CCc1ccccc1NC(=O)CNC(=O)c1sc2cc(Cl)ccc2c1Cl. The second kappa shape index (κ2) is 8.08. The zero-order valence-corrected chi connectivity index (χ0v) is 16.3. The molecule has 0 atom stereocenters. The van der Waals surface area contributed by atoms with Gasteiger partial charge in [0.25, 0.3) is 5.91 Å². The number of nitrogens with one attached hydrogen (secondary N) is 2. The van der Waals surface area contributed by atoms with Gasteiger partial charge in [0.05, 0.1) is 11.6 Å². The summed E-state index contributed by atoms with van der Waals surface area (Å²) in [6.45, 7) is 1.88. The molecule has 0 unspecified atom stereocenters. The third kappa shape index (κ3) is 4.01. The van der Waals surface area contributed by atoms with E-state index >= 15 is 0 Å². The maximum atomic E-state index is 12.4. The fourth-order valence-electron chi connectivity index (χ4n) is 2.57. The number of amides is 2. The highest BCUT2D eigenvalue weighted by atomic mass is 35.5. The van der Waals surface area contributed by atoms with E-state index in [1.54, 1.807) is 18.2 Å². The van der Waals surface area contributed by atoms with E-state index in [1.807, 2.05) is 31.2 Å². The molecule has 3 rings (SSSR count). The van der Waals surface area contributed by atoms with Crippen LogP contribution in [-0.2, 0) is 11.2 Å². The lowest BCUT2D eigenvalue weighted by atomic mass is 10.1. The second-order valence-corrected chi connectivity index (χ2v) is 7.49. The lowest BCUT2D eigenvalue weighted by molar-refractivity contribution is -0.115. The number of anilines is 1. The first-order valence-electron chi connectivity index (χ1n) is 8.03. The Balaban J connectivity index is 1.67. The fraction of sp³-hybridized carbons (Fsp3) is 0.158. The van der Waals surface area contributed by atoms with Crippen molar-refractivity contribution in [2.75, 3.05) is 11.9 Å². The molecular formula is C19H16Cl2N2O2S. The van der Waals surface area contributed by atoms with Gasteiger partial charge in [-0.25, -0.2) is 0 Å². The van der Waals surface area contributed by atoms with Crippen molar-refractivity contribution in [3.8, 4) is 0 Å². The van der Waals surface area contributed by atoms with E-state index in [-0.39, 0.29) is 18.4 Å². The van der Waals surface area contributed by atoms with Crippen molar-refractivity contribution < 1.29 is 9.59 Å². The third-order valence-corrected chi connectivity index (χ3v) is 5.77. The van der Waals surface area contributed by atoms with Crippen LogP contribution in [0.4, 0.5) is 5.69 Å². The van der Waals surface area contributed by atoms with Crippen molar-refractivity contribution in [3.05, 3.63) is 63.0 Å². The number of carbonyl (C=O) groups is 2. The van der Waals surface area contributed by atoms with Crippen molar-refractivity contribution >= 4 is 62.1 Å². The number of hydrogen-bond acceptors (Lipinski definition) is 3. The Kier molecular flexibility index (Phi) is 5.81. The standard InChI is InChI=1S/C19H16Cl2N2O2S/c1-2-11-5-3-4-6-14(11)23-16(24)10-22-19(25)18-17(21)13-8-7-12(20)9-15(13)26-18/h3-9H,2,10H2,1H3,(H,22,25)(H,23,24). The van der Waals surface area contributed by atoms with E-state index in [1.165, 1.54) is 11.3 Å². The number of fused-ring (bicyclic) bond motifs is 1. The van der Waals surface area contributed by atoms with Gasteiger partial charge in [-0.15, -0.1) is 11.3 Å². The molecule has 3 aromatic rings. The highest BCUT2D eigenvalue weighted by Gasteiger charge is 2.18. The summed E-state index contributed by atoms with van der Waals surface area (Å²) < 4.78 is 0.828. The highest BCUT2D eigenvalue weighted by Crippen LogP contribution is 2.36. The van der Waals surface area contributed by atoms with Crippen LogP contribution < -0.4 is 10.6 Å². The maximum absolute atomic E-state index is 12.4. The molecule has 0 radical (unpaired) electrons. The lowest BCUT2D eigenvalue weighted by Crippen LogP contribution is -2.32. The van der Waals surface area contributed by atoms with Gasteiger partial charge in [0.1, 0.15) is 4.88 Å². The predicted molar refractivity (Wildman–Crippen MR) is 109 cm³/mol. The van der Waals surface area contributed by atoms with Crippen LogP contribution in [0.15, 0.2) is 42.5 Å². The van der Waals surface area contributed by atoms with Gasteiger partial charge >= 0.3 is 0 Å². The van der Waals surface area contributed by atoms with E-state index in [9.17, 15) is 9.59 Å². The molecule has 0 aliphatic carbocycles. The van der Waals surface area contributed by atoms with Gasteiger partial charge in [0, 0.05) is 20.8 Å². The molecular weight excluding hydrogens is 391 g/mol. The number of rotatable bonds is 5. The first kappa shape index (κ1) is 18.7. The summed E-state index contributed by atoms with van der Waals surface area (Å²) in [5.41, 5.74) is 1.79. The quantitative estimate of drug-likeness (QED) is 0.616. The monoisotopic (exact) mass is 406 g/mol. The number of hydrogen-bond donors (Lipinski definition) is 2. The molecule has 0 saturated heterocycles. The fourth-order valence-corrected chi connectivity index (χ4v) is 4.28. The van der Waals surface area contributed by atoms with Crippen LogP contribution in [0.3, 0.4) is 0 Å². The predicted octanol–water partition coefficient (Wildman–Crippen LogP) is 5.14. The second-order valence-electron chi connectivity index (χ2n) is 5.63. The Morgan fingerprint density at radius 1 is 1.12 bits per heavy atom. The molecule has 7 heteroatoms. The Morgan fingerprint density at radius 2 is 1.88 bits per heavy atom. The van der Waals surface area contributed by atoms with Gasteiger partial charge < -0.3 is 10.6 Å². The van der Waals surface area contributed by atoms with Crippen molar-refractivity contribution in [1.82, 2.24) is 5.32 Å². The Labute approximate surface area is 165 Å². The Morgan fingerprint density at radius 3 is 2.65 bits per heavy atom. The lowest BCUT2D eigenvalue weighted by Gasteiger charge is -2.10. The molecule has 0 spiro atoms. The zero-order chi connectivity index (χ0) is 18.7. The minimum absolute atomic E-state index is 0.137. The van der Waals surface area contributed by atoms with Crippen LogP contribution >= 0.6 is 34.5 Å². The number of thiophene rings is 1. The van der Waals surface area contributed by atoms with E-state index in [0.717, 1.165) is 27.8 Å². The molecule has 134 valence electrons. The number of carbonyl (C=O) groups excluding carboxylic acids is 2. The molecule has 2 amide bonds. The molecule has 1 aromatic heterocycles. The van der Waals surface area contributed by atoms with Gasteiger partial charge in [-0.1, -0.05) is 54.4 Å². The molecule has 1 heterocycles. The summed E-state index contributed by atoms with van der Waals surface area (Å²) in [6, 6.07) is 12.8. The first-order chi connectivity index (χ1) is 12.5. The zero-order valence-electron chi connectivity index (χ0n) is 13.9. The molecule has 0 bridgehead atoms. The van der Waals surface area contributed by atoms with Gasteiger partial charge in [0.15, 0.2) is 0 Å². The topological polar surface area (TPSA) is 58.2 Å². The average Bonchev–Trinajstić information content (AvgIpc) is 2.96. The molecule has 26 heavy (non-hydrogen) atoms. The summed E-state index contributed by atoms with van der Waals surface area (Å²) in [5, 5.41) is 7.15. The van der Waals surface area contributed by atoms with Crippen molar-refractivity contribution in [2.24, 2.45) is 0 Å².